The molecule has 0 bridgehead atoms. The second-order valence-electron chi connectivity index (χ2n) is 5.15. The molecule has 0 saturated heterocycles. The van der Waals surface area contributed by atoms with Crippen molar-refractivity contribution >= 4 is 44.1 Å². The Bertz CT molecular complexity index is 886. The zero-order chi connectivity index (χ0) is 16.6. The van der Waals surface area contributed by atoms with Gasteiger partial charge in [-0.25, -0.2) is 8.78 Å². The van der Waals surface area contributed by atoms with Crippen LogP contribution in [0.15, 0.2) is 47.1 Å². The van der Waals surface area contributed by atoms with Crippen molar-refractivity contribution in [1.82, 2.24) is 4.98 Å². The van der Waals surface area contributed by atoms with Gasteiger partial charge in [0.2, 0.25) is 0 Å². The summed E-state index contributed by atoms with van der Waals surface area (Å²) in [6, 6.07) is 9.15. The van der Waals surface area contributed by atoms with Crippen LogP contribution in [-0.4, -0.2) is 4.98 Å². The molecule has 2 nitrogen and oxygen atoms in total. The molecule has 3 rings (SSSR count). The van der Waals surface area contributed by atoms with Crippen molar-refractivity contribution in [3.8, 4) is 0 Å². The van der Waals surface area contributed by atoms with Gasteiger partial charge in [-0.3, -0.25) is 4.98 Å². The SMILES string of the molecule is C[C@H](Nc1c(Cl)cnc2cc(F)c(Br)cc12)c1ccccc1F. The zero-order valence-electron chi connectivity index (χ0n) is 12.1. The van der Waals surface area contributed by atoms with Crippen molar-refractivity contribution in [2.75, 3.05) is 5.32 Å². The molecule has 0 aliphatic rings. The van der Waals surface area contributed by atoms with E-state index in [0.717, 1.165) is 0 Å². The predicted octanol–water partition coefficient (Wildman–Crippen LogP) is 6.10. The second-order valence-corrected chi connectivity index (χ2v) is 6.41. The van der Waals surface area contributed by atoms with Gasteiger partial charge in [-0.15, -0.1) is 0 Å². The molecule has 0 aliphatic heterocycles. The first-order valence-corrected chi connectivity index (χ1v) is 8.08. The van der Waals surface area contributed by atoms with Crippen molar-refractivity contribution in [3.63, 3.8) is 0 Å². The Balaban J connectivity index is 2.07. The van der Waals surface area contributed by atoms with Crippen molar-refractivity contribution in [1.29, 1.82) is 0 Å². The van der Waals surface area contributed by atoms with E-state index in [9.17, 15) is 8.78 Å². The summed E-state index contributed by atoms with van der Waals surface area (Å²) in [6.45, 7) is 1.83. The lowest BCUT2D eigenvalue weighted by molar-refractivity contribution is 0.600. The smallest absolute Gasteiger partial charge is 0.139 e. The van der Waals surface area contributed by atoms with Crippen LogP contribution in [0.2, 0.25) is 5.02 Å². The van der Waals surface area contributed by atoms with Crippen molar-refractivity contribution in [2.24, 2.45) is 0 Å². The minimum Gasteiger partial charge on any atom is -0.377 e. The Kier molecular flexibility index (Phi) is 4.50. The zero-order valence-corrected chi connectivity index (χ0v) is 14.4. The van der Waals surface area contributed by atoms with E-state index in [-0.39, 0.29) is 11.9 Å². The Morgan fingerprint density at radius 2 is 1.91 bits per heavy atom. The average Bonchev–Trinajstić information content (AvgIpc) is 2.52. The van der Waals surface area contributed by atoms with Gasteiger partial charge in [0.25, 0.3) is 0 Å². The fourth-order valence-corrected chi connectivity index (χ4v) is 2.98. The van der Waals surface area contributed by atoms with E-state index in [0.29, 0.717) is 31.6 Å². The molecule has 1 N–H and O–H groups in total. The molecular formula is C17H12BrClF2N2. The van der Waals surface area contributed by atoms with E-state index in [1.807, 2.05) is 6.92 Å². The highest BCUT2D eigenvalue weighted by Crippen LogP contribution is 2.35. The number of aromatic nitrogens is 1. The normalized spacial score (nSPS) is 12.4. The van der Waals surface area contributed by atoms with Gasteiger partial charge in [-0.2, -0.15) is 0 Å². The van der Waals surface area contributed by atoms with Crippen LogP contribution in [-0.2, 0) is 0 Å². The predicted molar refractivity (Wildman–Crippen MR) is 92.8 cm³/mol. The van der Waals surface area contributed by atoms with Gasteiger partial charge >= 0.3 is 0 Å². The number of benzene rings is 2. The van der Waals surface area contributed by atoms with E-state index < -0.39 is 5.82 Å². The molecule has 6 heteroatoms. The Morgan fingerprint density at radius 3 is 2.65 bits per heavy atom. The van der Waals surface area contributed by atoms with Crippen LogP contribution in [0.1, 0.15) is 18.5 Å². The van der Waals surface area contributed by atoms with Crippen molar-refractivity contribution in [2.45, 2.75) is 13.0 Å². The molecule has 118 valence electrons. The minimum atomic E-state index is -0.402. The second kappa shape index (κ2) is 6.42. The maximum absolute atomic E-state index is 13.9. The summed E-state index contributed by atoms with van der Waals surface area (Å²) >= 11 is 9.40. The van der Waals surface area contributed by atoms with Crippen LogP contribution < -0.4 is 5.32 Å². The van der Waals surface area contributed by atoms with Gasteiger partial charge in [-0.05, 0) is 35.0 Å². The number of fused-ring (bicyclic) bond motifs is 1. The van der Waals surface area contributed by atoms with E-state index in [1.165, 1.54) is 18.3 Å². The molecular weight excluding hydrogens is 386 g/mol. The van der Waals surface area contributed by atoms with Crippen molar-refractivity contribution < 1.29 is 8.78 Å². The number of anilines is 1. The summed E-state index contributed by atoms with van der Waals surface area (Å²) in [7, 11) is 0. The molecule has 1 heterocycles. The van der Waals surface area contributed by atoms with E-state index in [4.69, 9.17) is 11.6 Å². The highest BCUT2D eigenvalue weighted by atomic mass is 79.9. The monoisotopic (exact) mass is 396 g/mol. The number of rotatable bonds is 3. The molecule has 0 spiro atoms. The number of pyridine rings is 1. The molecule has 1 atom stereocenters. The van der Waals surface area contributed by atoms with Crippen LogP contribution >= 0.6 is 27.5 Å². The lowest BCUT2D eigenvalue weighted by Gasteiger charge is -2.19. The number of nitrogens with zero attached hydrogens (tertiary/aromatic N) is 1. The molecule has 0 amide bonds. The van der Waals surface area contributed by atoms with Crippen LogP contribution in [0.3, 0.4) is 0 Å². The van der Waals surface area contributed by atoms with Gasteiger partial charge in [0, 0.05) is 23.2 Å². The fraction of sp³-hybridized carbons (Fsp3) is 0.118. The third-order valence-electron chi connectivity index (χ3n) is 3.60. The first kappa shape index (κ1) is 16.1. The van der Waals surface area contributed by atoms with E-state index in [2.05, 4.69) is 26.2 Å². The average molecular weight is 398 g/mol. The number of hydrogen-bond acceptors (Lipinski definition) is 2. The lowest BCUT2D eigenvalue weighted by Crippen LogP contribution is -2.09. The number of hydrogen-bond donors (Lipinski definition) is 1. The summed E-state index contributed by atoms with van der Waals surface area (Å²) in [5.74, 6) is -0.699. The highest BCUT2D eigenvalue weighted by molar-refractivity contribution is 9.10. The van der Waals surface area contributed by atoms with Gasteiger partial charge in [0.05, 0.1) is 26.7 Å². The Morgan fingerprint density at radius 1 is 1.17 bits per heavy atom. The maximum Gasteiger partial charge on any atom is 0.139 e. The molecule has 3 aromatic rings. The van der Waals surface area contributed by atoms with E-state index in [1.54, 1.807) is 24.3 Å². The van der Waals surface area contributed by atoms with Crippen LogP contribution in [0.5, 0.6) is 0 Å². The number of nitrogens with one attached hydrogen (secondary N) is 1. The van der Waals surface area contributed by atoms with Gasteiger partial charge < -0.3 is 5.32 Å². The highest BCUT2D eigenvalue weighted by Gasteiger charge is 2.15. The standard InChI is InChI=1S/C17H12BrClF2N2/c1-9(10-4-2-3-5-14(10)20)23-17-11-6-12(18)15(21)7-16(11)22-8-13(17)19/h2-9H,1H3,(H,22,23)/t9-/m0/s1. The quantitative estimate of drug-likeness (QED) is 0.577. The van der Waals surface area contributed by atoms with Gasteiger partial charge in [0.15, 0.2) is 0 Å². The largest absolute Gasteiger partial charge is 0.377 e. The molecule has 2 aromatic carbocycles. The van der Waals surface area contributed by atoms with Crippen LogP contribution in [0, 0.1) is 11.6 Å². The molecule has 1 aromatic heterocycles. The van der Waals surface area contributed by atoms with Crippen molar-refractivity contribution in [3.05, 3.63) is 69.3 Å². The minimum absolute atomic E-state index is 0.297. The topological polar surface area (TPSA) is 24.9 Å². The molecule has 0 unspecified atom stereocenters. The Hall–Kier alpha value is -1.72. The van der Waals surface area contributed by atoms with Crippen LogP contribution in [0.25, 0.3) is 10.9 Å². The lowest BCUT2D eigenvalue weighted by atomic mass is 10.1. The Labute approximate surface area is 145 Å². The summed E-state index contributed by atoms with van der Waals surface area (Å²) in [6.07, 6.45) is 1.45. The molecule has 0 aliphatic carbocycles. The summed E-state index contributed by atoms with van der Waals surface area (Å²) in [5, 5.41) is 4.25. The number of halogens is 4. The summed E-state index contributed by atoms with van der Waals surface area (Å²) in [5.41, 5.74) is 1.58. The van der Waals surface area contributed by atoms with E-state index >= 15 is 0 Å². The molecule has 0 saturated carbocycles. The first-order chi connectivity index (χ1) is 11.0. The van der Waals surface area contributed by atoms with Gasteiger partial charge in [-0.1, -0.05) is 29.8 Å². The maximum atomic E-state index is 13.9. The van der Waals surface area contributed by atoms with Gasteiger partial charge in [0.1, 0.15) is 11.6 Å². The first-order valence-electron chi connectivity index (χ1n) is 6.91. The third-order valence-corrected chi connectivity index (χ3v) is 4.49. The molecule has 0 fully saturated rings. The summed E-state index contributed by atoms with van der Waals surface area (Å²) < 4.78 is 27.9. The third kappa shape index (κ3) is 3.16. The summed E-state index contributed by atoms with van der Waals surface area (Å²) in [4.78, 5) is 4.13. The van der Waals surface area contributed by atoms with Crippen LogP contribution in [0.4, 0.5) is 14.5 Å². The molecule has 0 radical (unpaired) electrons. The molecule has 23 heavy (non-hydrogen) atoms. The fourth-order valence-electron chi connectivity index (χ4n) is 2.43.